The van der Waals surface area contributed by atoms with Gasteiger partial charge in [-0.3, -0.25) is 4.79 Å². The van der Waals surface area contributed by atoms with Gasteiger partial charge >= 0.3 is 0 Å². The number of anilines is 1. The highest BCUT2D eigenvalue weighted by Gasteiger charge is 2.11. The number of carbonyl (C=O) groups is 1. The Morgan fingerprint density at radius 1 is 1.33 bits per heavy atom. The molecule has 0 unspecified atom stereocenters. The van der Waals surface area contributed by atoms with Crippen LogP contribution in [-0.4, -0.2) is 31.9 Å². The third-order valence-corrected chi connectivity index (χ3v) is 3.93. The summed E-state index contributed by atoms with van der Waals surface area (Å²) in [6, 6.07) is 3.95. The standard InChI is InChI=1S/C10H9N3O3S2/c11-9-12-13-10(18-9)17-4-8(16)5-1-2-6(14)7(15)3-5/h1-3,14-15H,4H2,(H2,11,12). The molecule has 0 bridgehead atoms. The van der Waals surface area contributed by atoms with Gasteiger partial charge in [0, 0.05) is 5.56 Å². The summed E-state index contributed by atoms with van der Waals surface area (Å²) in [4.78, 5) is 11.8. The van der Waals surface area contributed by atoms with Crippen molar-refractivity contribution in [2.45, 2.75) is 4.34 Å². The van der Waals surface area contributed by atoms with Gasteiger partial charge in [0.15, 0.2) is 21.6 Å². The lowest BCUT2D eigenvalue weighted by atomic mass is 10.1. The van der Waals surface area contributed by atoms with Crippen LogP contribution in [0, 0.1) is 0 Å². The lowest BCUT2D eigenvalue weighted by Crippen LogP contribution is -2.01. The van der Waals surface area contributed by atoms with Gasteiger partial charge in [0.2, 0.25) is 5.13 Å². The number of phenolic OH excluding ortho intramolecular Hbond substituents is 2. The lowest BCUT2D eigenvalue weighted by molar-refractivity contribution is 0.102. The second kappa shape index (κ2) is 5.23. The van der Waals surface area contributed by atoms with E-state index in [1.54, 1.807) is 0 Å². The Labute approximate surface area is 110 Å². The molecule has 8 heteroatoms. The summed E-state index contributed by atoms with van der Waals surface area (Å²) in [7, 11) is 0. The second-order valence-electron chi connectivity index (χ2n) is 3.32. The quantitative estimate of drug-likeness (QED) is 0.443. The molecule has 1 heterocycles. The minimum atomic E-state index is -0.314. The summed E-state index contributed by atoms with van der Waals surface area (Å²) in [5.74, 6) is -0.579. The molecule has 0 fully saturated rings. The maximum atomic E-state index is 11.8. The molecular weight excluding hydrogens is 274 g/mol. The fourth-order valence-corrected chi connectivity index (χ4v) is 2.72. The van der Waals surface area contributed by atoms with Crippen LogP contribution in [-0.2, 0) is 0 Å². The molecule has 18 heavy (non-hydrogen) atoms. The molecule has 0 aliphatic heterocycles. The fraction of sp³-hybridized carbons (Fsp3) is 0.100. The van der Waals surface area contributed by atoms with Crippen LogP contribution in [0.15, 0.2) is 22.5 Å². The Balaban J connectivity index is 2.01. The van der Waals surface area contributed by atoms with Crippen molar-refractivity contribution in [1.82, 2.24) is 10.2 Å². The average Bonchev–Trinajstić information content (AvgIpc) is 2.75. The van der Waals surface area contributed by atoms with Crippen LogP contribution in [0.3, 0.4) is 0 Å². The van der Waals surface area contributed by atoms with E-state index in [9.17, 15) is 9.90 Å². The van der Waals surface area contributed by atoms with Crippen molar-refractivity contribution in [1.29, 1.82) is 0 Å². The number of rotatable bonds is 4. The number of nitrogens with zero attached hydrogens (tertiary/aromatic N) is 2. The van der Waals surface area contributed by atoms with Crippen LogP contribution in [0.2, 0.25) is 0 Å². The number of phenols is 2. The number of aromatic nitrogens is 2. The Morgan fingerprint density at radius 2 is 2.11 bits per heavy atom. The number of aromatic hydroxyl groups is 2. The van der Waals surface area contributed by atoms with E-state index in [-0.39, 0.29) is 23.0 Å². The number of ketones is 1. The molecule has 0 radical (unpaired) electrons. The van der Waals surface area contributed by atoms with Crippen molar-refractivity contribution in [2.24, 2.45) is 0 Å². The monoisotopic (exact) mass is 283 g/mol. The zero-order chi connectivity index (χ0) is 13.1. The van der Waals surface area contributed by atoms with E-state index < -0.39 is 0 Å². The molecule has 2 rings (SSSR count). The normalized spacial score (nSPS) is 10.4. The molecule has 4 N–H and O–H groups in total. The van der Waals surface area contributed by atoms with Crippen molar-refractivity contribution < 1.29 is 15.0 Å². The van der Waals surface area contributed by atoms with Gasteiger partial charge in [0.05, 0.1) is 5.75 Å². The number of nitrogen functional groups attached to an aromatic ring is 1. The molecule has 0 saturated carbocycles. The topological polar surface area (TPSA) is 109 Å². The number of carbonyl (C=O) groups excluding carboxylic acids is 1. The Hall–Kier alpha value is -1.80. The van der Waals surface area contributed by atoms with E-state index in [1.807, 2.05) is 0 Å². The highest BCUT2D eigenvalue weighted by atomic mass is 32.2. The largest absolute Gasteiger partial charge is 0.504 e. The Bertz CT molecular complexity index is 585. The number of nitrogens with two attached hydrogens (primary N) is 1. The first-order valence-electron chi connectivity index (χ1n) is 4.83. The van der Waals surface area contributed by atoms with Gasteiger partial charge in [-0.2, -0.15) is 0 Å². The van der Waals surface area contributed by atoms with Gasteiger partial charge < -0.3 is 15.9 Å². The van der Waals surface area contributed by atoms with Crippen molar-refractivity contribution in [3.8, 4) is 11.5 Å². The van der Waals surface area contributed by atoms with Gasteiger partial charge in [0.25, 0.3) is 0 Å². The molecule has 2 aromatic rings. The highest BCUT2D eigenvalue weighted by molar-refractivity contribution is 8.01. The predicted molar refractivity (Wildman–Crippen MR) is 69.1 cm³/mol. The molecule has 0 aliphatic rings. The highest BCUT2D eigenvalue weighted by Crippen LogP contribution is 2.27. The molecule has 1 aromatic heterocycles. The van der Waals surface area contributed by atoms with Gasteiger partial charge in [-0.15, -0.1) is 10.2 Å². The molecule has 1 aromatic carbocycles. The smallest absolute Gasteiger partial charge is 0.203 e. The maximum absolute atomic E-state index is 11.8. The number of hydrogen-bond acceptors (Lipinski definition) is 8. The van der Waals surface area contributed by atoms with E-state index in [1.165, 1.54) is 41.3 Å². The van der Waals surface area contributed by atoms with Crippen molar-refractivity contribution >= 4 is 34.0 Å². The first-order valence-corrected chi connectivity index (χ1v) is 6.63. The van der Waals surface area contributed by atoms with Crippen molar-refractivity contribution in [3.63, 3.8) is 0 Å². The average molecular weight is 283 g/mol. The second-order valence-corrected chi connectivity index (χ2v) is 5.55. The molecule has 0 saturated heterocycles. The SMILES string of the molecule is Nc1nnc(SCC(=O)c2ccc(O)c(O)c2)s1. The summed E-state index contributed by atoms with van der Waals surface area (Å²) >= 11 is 2.43. The van der Waals surface area contributed by atoms with E-state index in [0.717, 1.165) is 0 Å². The zero-order valence-electron chi connectivity index (χ0n) is 9.03. The summed E-state index contributed by atoms with van der Waals surface area (Å²) in [6.07, 6.45) is 0. The number of Topliss-reactive ketones (excluding diaryl/α,β-unsaturated/α-hetero) is 1. The van der Waals surface area contributed by atoms with Crippen LogP contribution < -0.4 is 5.73 Å². The Morgan fingerprint density at radius 3 is 2.72 bits per heavy atom. The molecule has 0 atom stereocenters. The van der Waals surface area contributed by atoms with Gasteiger partial charge in [-0.05, 0) is 18.2 Å². The van der Waals surface area contributed by atoms with Crippen molar-refractivity contribution in [3.05, 3.63) is 23.8 Å². The third kappa shape index (κ3) is 2.90. The molecular formula is C10H9N3O3S2. The van der Waals surface area contributed by atoms with Gasteiger partial charge in [-0.25, -0.2) is 0 Å². The van der Waals surface area contributed by atoms with E-state index in [4.69, 9.17) is 10.8 Å². The van der Waals surface area contributed by atoms with Crippen LogP contribution in [0.1, 0.15) is 10.4 Å². The maximum Gasteiger partial charge on any atom is 0.203 e. The van der Waals surface area contributed by atoms with Crippen LogP contribution in [0.4, 0.5) is 5.13 Å². The van der Waals surface area contributed by atoms with E-state index >= 15 is 0 Å². The number of benzene rings is 1. The fourth-order valence-electron chi connectivity index (χ4n) is 1.19. The van der Waals surface area contributed by atoms with Crippen LogP contribution in [0.5, 0.6) is 11.5 Å². The summed E-state index contributed by atoms with van der Waals surface area (Å²) < 4.78 is 0.615. The summed E-state index contributed by atoms with van der Waals surface area (Å²) in [6.45, 7) is 0. The summed E-state index contributed by atoms with van der Waals surface area (Å²) in [5, 5.41) is 26.2. The minimum absolute atomic E-state index is 0.166. The first kappa shape index (κ1) is 12.7. The van der Waals surface area contributed by atoms with E-state index in [2.05, 4.69) is 10.2 Å². The van der Waals surface area contributed by atoms with Crippen LogP contribution >= 0.6 is 23.1 Å². The molecule has 94 valence electrons. The summed E-state index contributed by atoms with van der Waals surface area (Å²) in [5.41, 5.74) is 5.75. The predicted octanol–water partition coefficient (Wildman–Crippen LogP) is 1.51. The first-order chi connectivity index (χ1) is 8.56. The van der Waals surface area contributed by atoms with E-state index in [0.29, 0.717) is 15.0 Å². The third-order valence-electron chi connectivity index (χ3n) is 2.05. The molecule has 6 nitrogen and oxygen atoms in total. The van der Waals surface area contributed by atoms with Gasteiger partial charge in [-0.1, -0.05) is 23.1 Å². The zero-order valence-corrected chi connectivity index (χ0v) is 10.7. The number of thioether (sulfide) groups is 1. The molecule has 0 aliphatic carbocycles. The Kier molecular flexibility index (Phi) is 3.68. The molecule has 0 amide bonds. The number of hydrogen-bond donors (Lipinski definition) is 3. The van der Waals surface area contributed by atoms with Gasteiger partial charge in [0.1, 0.15) is 0 Å². The minimum Gasteiger partial charge on any atom is -0.504 e. The van der Waals surface area contributed by atoms with Crippen molar-refractivity contribution in [2.75, 3.05) is 11.5 Å². The van der Waals surface area contributed by atoms with Crippen LogP contribution in [0.25, 0.3) is 0 Å². The molecule has 0 spiro atoms. The lowest BCUT2D eigenvalue weighted by Gasteiger charge is -2.01.